The second-order valence-electron chi connectivity index (χ2n) is 5.59. The highest BCUT2D eigenvalue weighted by atomic mass is 16.5. The first-order valence-electron chi connectivity index (χ1n) is 8.25. The molecule has 0 heterocycles. The van der Waals surface area contributed by atoms with E-state index < -0.39 is 0 Å². The van der Waals surface area contributed by atoms with Crippen molar-refractivity contribution in [2.24, 2.45) is 0 Å². The molecule has 0 fully saturated rings. The average Bonchev–Trinajstić information content (AvgIpc) is 2.61. The molecule has 1 N–H and O–H groups in total. The van der Waals surface area contributed by atoms with Crippen molar-refractivity contribution in [2.45, 2.75) is 38.8 Å². The van der Waals surface area contributed by atoms with Gasteiger partial charge in [0.05, 0.1) is 0 Å². The Morgan fingerprint density at radius 3 is 1.83 bits per heavy atom. The van der Waals surface area contributed by atoms with E-state index in [0.29, 0.717) is 0 Å². The molecule has 2 rings (SSSR count). The summed E-state index contributed by atoms with van der Waals surface area (Å²) in [6, 6.07) is 20.2. The molecule has 0 atom stereocenters. The first-order valence-corrected chi connectivity index (χ1v) is 8.25. The fourth-order valence-electron chi connectivity index (χ4n) is 2.56. The van der Waals surface area contributed by atoms with Crippen LogP contribution in [0.1, 0.15) is 43.9 Å². The predicted octanol–water partition coefficient (Wildman–Crippen LogP) is 4.10. The Morgan fingerprint density at radius 2 is 1.39 bits per heavy atom. The molecule has 1 amide bonds. The lowest BCUT2D eigenvalue weighted by Gasteiger charge is -2.20. The zero-order valence-electron chi connectivity index (χ0n) is 13.9. The summed E-state index contributed by atoms with van der Waals surface area (Å²) in [6.45, 7) is 4.21. The van der Waals surface area contributed by atoms with Crippen LogP contribution in [0, 0.1) is 0 Å². The monoisotopic (exact) mass is 311 g/mol. The van der Waals surface area contributed by atoms with E-state index in [0.717, 1.165) is 24.0 Å². The highest BCUT2D eigenvalue weighted by molar-refractivity contribution is 5.77. The summed E-state index contributed by atoms with van der Waals surface area (Å²) >= 11 is 0. The third-order valence-electron chi connectivity index (χ3n) is 3.94. The van der Waals surface area contributed by atoms with Gasteiger partial charge in [-0.1, -0.05) is 74.5 Å². The van der Waals surface area contributed by atoms with Crippen LogP contribution in [-0.4, -0.2) is 18.6 Å². The smallest absolute Gasteiger partial charge is 0.246 e. The molecule has 0 radical (unpaired) electrons. The first kappa shape index (κ1) is 17.2. The number of carbonyl (C=O) groups is 1. The predicted molar refractivity (Wildman–Crippen MR) is 93.2 cm³/mol. The fourth-order valence-corrected chi connectivity index (χ4v) is 2.56. The largest absolute Gasteiger partial charge is 0.359 e. The van der Waals surface area contributed by atoms with Crippen LogP contribution in [-0.2, 0) is 9.53 Å². The molecular weight excluding hydrogens is 286 g/mol. The van der Waals surface area contributed by atoms with Gasteiger partial charge in [0, 0.05) is 6.04 Å². The van der Waals surface area contributed by atoms with E-state index in [2.05, 4.69) is 19.2 Å². The molecule has 0 spiro atoms. The van der Waals surface area contributed by atoms with Gasteiger partial charge in [-0.15, -0.1) is 0 Å². The number of nitrogens with one attached hydrogen (secondary N) is 1. The maximum absolute atomic E-state index is 12.1. The van der Waals surface area contributed by atoms with Crippen molar-refractivity contribution >= 4 is 5.91 Å². The number of ether oxygens (including phenoxy) is 1. The fraction of sp³-hybridized carbons (Fsp3) is 0.350. The minimum absolute atomic E-state index is 0.0597. The lowest BCUT2D eigenvalue weighted by atomic mass is 10.0. The zero-order valence-corrected chi connectivity index (χ0v) is 13.9. The van der Waals surface area contributed by atoms with E-state index in [1.165, 1.54) is 0 Å². The van der Waals surface area contributed by atoms with Crippen molar-refractivity contribution in [3.63, 3.8) is 0 Å². The van der Waals surface area contributed by atoms with Crippen LogP contribution in [0.5, 0.6) is 0 Å². The third kappa shape index (κ3) is 5.22. The topological polar surface area (TPSA) is 38.3 Å². The normalized spacial score (nSPS) is 11.0. The number of carbonyl (C=O) groups excluding carboxylic acids is 1. The van der Waals surface area contributed by atoms with E-state index in [1.807, 2.05) is 60.7 Å². The molecule has 3 nitrogen and oxygen atoms in total. The summed E-state index contributed by atoms with van der Waals surface area (Å²) in [5.41, 5.74) is 2.10. The Kier molecular flexibility index (Phi) is 6.82. The van der Waals surface area contributed by atoms with E-state index in [9.17, 15) is 4.79 Å². The van der Waals surface area contributed by atoms with Crippen LogP contribution in [0.3, 0.4) is 0 Å². The minimum Gasteiger partial charge on any atom is -0.359 e. The lowest BCUT2D eigenvalue weighted by Crippen LogP contribution is -2.36. The average molecular weight is 311 g/mol. The summed E-state index contributed by atoms with van der Waals surface area (Å²) < 4.78 is 5.95. The minimum atomic E-state index is -0.232. The van der Waals surface area contributed by atoms with Crippen LogP contribution in [0.2, 0.25) is 0 Å². The van der Waals surface area contributed by atoms with Crippen molar-refractivity contribution in [3.05, 3.63) is 71.8 Å². The molecule has 23 heavy (non-hydrogen) atoms. The summed E-state index contributed by atoms with van der Waals surface area (Å²) in [5, 5.41) is 3.01. The quantitative estimate of drug-likeness (QED) is 0.797. The van der Waals surface area contributed by atoms with Crippen LogP contribution in [0.15, 0.2) is 60.7 Å². The number of rotatable bonds is 8. The standard InChI is InChI=1S/C20H25NO2/c1-3-18(4-2)21-19(22)15-23-20(16-11-7-5-8-12-16)17-13-9-6-10-14-17/h5-14,18,20H,3-4,15H2,1-2H3,(H,21,22). The molecule has 2 aromatic carbocycles. The van der Waals surface area contributed by atoms with Crippen molar-refractivity contribution < 1.29 is 9.53 Å². The van der Waals surface area contributed by atoms with E-state index >= 15 is 0 Å². The van der Waals surface area contributed by atoms with Crippen LogP contribution in [0.25, 0.3) is 0 Å². The van der Waals surface area contributed by atoms with Crippen molar-refractivity contribution in [1.82, 2.24) is 5.32 Å². The molecule has 122 valence electrons. The van der Waals surface area contributed by atoms with Gasteiger partial charge in [-0.25, -0.2) is 0 Å². The maximum Gasteiger partial charge on any atom is 0.246 e. The lowest BCUT2D eigenvalue weighted by molar-refractivity contribution is -0.127. The Hall–Kier alpha value is -2.13. The van der Waals surface area contributed by atoms with E-state index in [1.54, 1.807) is 0 Å². The molecule has 0 bridgehead atoms. The van der Waals surface area contributed by atoms with Gasteiger partial charge in [0.25, 0.3) is 0 Å². The molecule has 0 aliphatic rings. The van der Waals surface area contributed by atoms with Crippen molar-refractivity contribution in [1.29, 1.82) is 0 Å². The van der Waals surface area contributed by atoms with E-state index in [4.69, 9.17) is 4.74 Å². The van der Waals surface area contributed by atoms with Crippen molar-refractivity contribution in [3.8, 4) is 0 Å². The number of hydrogen-bond acceptors (Lipinski definition) is 2. The molecule has 0 aliphatic carbocycles. The van der Waals surface area contributed by atoms with Gasteiger partial charge in [0.2, 0.25) is 5.91 Å². The van der Waals surface area contributed by atoms with Crippen LogP contribution in [0.4, 0.5) is 0 Å². The molecule has 2 aromatic rings. The second-order valence-corrected chi connectivity index (χ2v) is 5.59. The summed E-state index contributed by atoms with van der Waals surface area (Å²) in [5.74, 6) is -0.0597. The summed E-state index contributed by atoms with van der Waals surface area (Å²) in [6.07, 6.45) is 1.64. The Morgan fingerprint density at radius 1 is 0.913 bits per heavy atom. The van der Waals surface area contributed by atoms with Gasteiger partial charge in [0.15, 0.2) is 0 Å². The van der Waals surface area contributed by atoms with Gasteiger partial charge in [-0.05, 0) is 24.0 Å². The van der Waals surface area contributed by atoms with Crippen LogP contribution >= 0.6 is 0 Å². The molecular formula is C20H25NO2. The van der Waals surface area contributed by atoms with Gasteiger partial charge in [0.1, 0.15) is 12.7 Å². The molecule has 0 unspecified atom stereocenters. The summed E-state index contributed by atoms with van der Waals surface area (Å²) in [7, 11) is 0. The van der Waals surface area contributed by atoms with Gasteiger partial charge >= 0.3 is 0 Å². The van der Waals surface area contributed by atoms with Gasteiger partial charge < -0.3 is 10.1 Å². The highest BCUT2D eigenvalue weighted by Gasteiger charge is 2.17. The maximum atomic E-state index is 12.1. The first-order chi connectivity index (χ1) is 11.2. The van der Waals surface area contributed by atoms with Gasteiger partial charge in [-0.2, -0.15) is 0 Å². The van der Waals surface area contributed by atoms with Crippen molar-refractivity contribution in [2.75, 3.05) is 6.61 Å². The number of hydrogen-bond donors (Lipinski definition) is 1. The number of benzene rings is 2. The molecule has 3 heteroatoms. The SMILES string of the molecule is CCC(CC)NC(=O)COC(c1ccccc1)c1ccccc1. The molecule has 0 aromatic heterocycles. The Balaban J connectivity index is 2.06. The highest BCUT2D eigenvalue weighted by Crippen LogP contribution is 2.25. The zero-order chi connectivity index (χ0) is 16.5. The summed E-state index contributed by atoms with van der Waals surface area (Å²) in [4.78, 5) is 12.1. The second kappa shape index (κ2) is 9.11. The Labute approximate surface area is 138 Å². The van der Waals surface area contributed by atoms with E-state index in [-0.39, 0.29) is 24.7 Å². The van der Waals surface area contributed by atoms with Gasteiger partial charge in [-0.3, -0.25) is 4.79 Å². The molecule has 0 saturated carbocycles. The molecule has 0 aliphatic heterocycles. The van der Waals surface area contributed by atoms with Crippen LogP contribution < -0.4 is 5.32 Å². The Bertz CT molecular complexity index is 540. The number of amides is 1. The third-order valence-corrected chi connectivity index (χ3v) is 3.94. The molecule has 0 saturated heterocycles.